The summed E-state index contributed by atoms with van der Waals surface area (Å²) in [6.07, 6.45) is 6.06. The molecule has 0 aromatic carbocycles. The molecule has 0 saturated carbocycles. The van der Waals surface area contributed by atoms with Crippen molar-refractivity contribution in [2.45, 2.75) is 45.4 Å². The van der Waals surface area contributed by atoms with Gasteiger partial charge in [-0.25, -0.2) is 0 Å². The lowest BCUT2D eigenvalue weighted by Crippen LogP contribution is -2.53. The highest BCUT2D eigenvalue weighted by atomic mass is 16.5. The van der Waals surface area contributed by atoms with E-state index in [1.807, 2.05) is 31.8 Å². The van der Waals surface area contributed by atoms with Gasteiger partial charge >= 0.3 is 0 Å². The molecule has 1 N–H and O–H groups in total. The Bertz CT molecular complexity index is 542. The summed E-state index contributed by atoms with van der Waals surface area (Å²) in [6.45, 7) is 7.59. The summed E-state index contributed by atoms with van der Waals surface area (Å²) in [6, 6.07) is 0.193. The molecule has 0 spiro atoms. The second-order valence-corrected chi connectivity index (χ2v) is 7.18. The lowest BCUT2D eigenvalue weighted by molar-refractivity contribution is -0.142. The summed E-state index contributed by atoms with van der Waals surface area (Å²) >= 11 is 0. The maximum Gasteiger partial charge on any atom is 0.223 e. The molecular formula is C17H28N4O2. The number of hydrogen-bond donors (Lipinski definition) is 1. The van der Waals surface area contributed by atoms with E-state index >= 15 is 0 Å². The number of hydrogen-bond acceptors (Lipinski definition) is 4. The van der Waals surface area contributed by atoms with E-state index in [1.165, 1.54) is 5.56 Å². The summed E-state index contributed by atoms with van der Waals surface area (Å²) in [5.74, 6) is 0.572. The van der Waals surface area contributed by atoms with Crippen molar-refractivity contribution in [1.29, 1.82) is 0 Å². The van der Waals surface area contributed by atoms with Crippen LogP contribution in [0.15, 0.2) is 12.4 Å². The zero-order valence-corrected chi connectivity index (χ0v) is 14.4. The molecule has 3 heterocycles. The maximum atomic E-state index is 12.5. The Kier molecular flexibility index (Phi) is 5.02. The van der Waals surface area contributed by atoms with E-state index in [1.54, 1.807) is 0 Å². The molecule has 1 aromatic rings. The summed E-state index contributed by atoms with van der Waals surface area (Å²) in [7, 11) is 1.94. The molecule has 1 amide bonds. The second kappa shape index (κ2) is 7.01. The average molecular weight is 320 g/mol. The molecule has 0 unspecified atom stereocenters. The number of aromatic nitrogens is 2. The van der Waals surface area contributed by atoms with Gasteiger partial charge in [-0.15, -0.1) is 0 Å². The first-order chi connectivity index (χ1) is 11.0. The molecule has 0 radical (unpaired) electrons. The van der Waals surface area contributed by atoms with E-state index in [4.69, 9.17) is 4.74 Å². The fraction of sp³-hybridized carbons (Fsp3) is 0.765. The van der Waals surface area contributed by atoms with Crippen molar-refractivity contribution >= 4 is 5.91 Å². The van der Waals surface area contributed by atoms with E-state index in [-0.39, 0.29) is 24.0 Å². The van der Waals surface area contributed by atoms with E-state index < -0.39 is 0 Å². The second-order valence-electron chi connectivity index (χ2n) is 7.18. The normalized spacial score (nSPS) is 28.6. The van der Waals surface area contributed by atoms with Crippen molar-refractivity contribution in [3.05, 3.63) is 18.0 Å². The molecule has 2 aliphatic rings. The van der Waals surface area contributed by atoms with Crippen LogP contribution in [0.5, 0.6) is 0 Å². The van der Waals surface area contributed by atoms with Crippen LogP contribution in [0, 0.1) is 11.8 Å². The molecule has 3 atom stereocenters. The monoisotopic (exact) mass is 320 g/mol. The zero-order chi connectivity index (χ0) is 16.4. The van der Waals surface area contributed by atoms with Gasteiger partial charge in [-0.05, 0) is 26.7 Å². The molecule has 2 fully saturated rings. The number of nitrogens with one attached hydrogen (secondary N) is 1. The van der Waals surface area contributed by atoms with Gasteiger partial charge in [0.2, 0.25) is 5.91 Å². The Morgan fingerprint density at radius 1 is 1.48 bits per heavy atom. The summed E-state index contributed by atoms with van der Waals surface area (Å²) in [4.78, 5) is 15.0. The molecular weight excluding hydrogens is 292 g/mol. The number of carbonyl (C=O) groups is 1. The smallest absolute Gasteiger partial charge is 0.223 e. The van der Waals surface area contributed by atoms with Crippen molar-refractivity contribution in [3.8, 4) is 0 Å². The fourth-order valence-corrected chi connectivity index (χ4v) is 3.86. The largest absolute Gasteiger partial charge is 0.378 e. The minimum absolute atomic E-state index is 0.0767. The number of rotatable bonds is 4. The highest BCUT2D eigenvalue weighted by Gasteiger charge is 2.41. The number of carbonyl (C=O) groups excluding carboxylic acids is 1. The molecule has 128 valence electrons. The van der Waals surface area contributed by atoms with Gasteiger partial charge in [-0.1, -0.05) is 0 Å². The van der Waals surface area contributed by atoms with Crippen LogP contribution < -0.4 is 5.32 Å². The third-order valence-electron chi connectivity index (χ3n) is 4.89. The number of ether oxygens (including phenoxy) is 1. The molecule has 0 aliphatic carbocycles. The molecule has 2 aliphatic heterocycles. The molecule has 6 nitrogen and oxygen atoms in total. The topological polar surface area (TPSA) is 59.4 Å². The standard InChI is InChI=1S/C17H28N4O2/c1-12(2)19-17(22)14-5-7-23-16-4-6-21(11-15(14)16)10-13-8-18-20(3)9-13/h8-9,12,14-16H,4-7,10-11H2,1-3H3,(H,19,22)/t14-,15+,16-/m1/s1. The Morgan fingerprint density at radius 3 is 3.00 bits per heavy atom. The number of nitrogens with zero attached hydrogens (tertiary/aromatic N) is 3. The van der Waals surface area contributed by atoms with E-state index in [0.29, 0.717) is 12.5 Å². The van der Waals surface area contributed by atoms with E-state index in [2.05, 4.69) is 21.5 Å². The van der Waals surface area contributed by atoms with Crippen LogP contribution in [-0.4, -0.2) is 52.4 Å². The number of piperidine rings is 1. The maximum absolute atomic E-state index is 12.5. The number of fused-ring (bicyclic) bond motifs is 1. The zero-order valence-electron chi connectivity index (χ0n) is 14.4. The first-order valence-corrected chi connectivity index (χ1v) is 8.65. The number of aryl methyl sites for hydroxylation is 1. The molecule has 3 rings (SSSR count). The third-order valence-corrected chi connectivity index (χ3v) is 4.89. The Morgan fingerprint density at radius 2 is 2.30 bits per heavy atom. The van der Waals surface area contributed by atoms with Crippen LogP contribution in [0.2, 0.25) is 0 Å². The number of amides is 1. The van der Waals surface area contributed by atoms with Crippen LogP contribution in [0.1, 0.15) is 32.3 Å². The van der Waals surface area contributed by atoms with Crippen LogP contribution in [0.25, 0.3) is 0 Å². The predicted octanol–water partition coefficient (Wildman–Crippen LogP) is 1.17. The van der Waals surface area contributed by atoms with E-state index in [9.17, 15) is 4.79 Å². The summed E-state index contributed by atoms with van der Waals surface area (Å²) < 4.78 is 7.78. The van der Waals surface area contributed by atoms with Crippen molar-refractivity contribution in [3.63, 3.8) is 0 Å². The van der Waals surface area contributed by atoms with Crippen molar-refractivity contribution in [2.24, 2.45) is 18.9 Å². The van der Waals surface area contributed by atoms with Crippen LogP contribution in [0.3, 0.4) is 0 Å². The highest BCUT2D eigenvalue weighted by Crippen LogP contribution is 2.33. The quantitative estimate of drug-likeness (QED) is 0.905. The molecule has 6 heteroatoms. The molecule has 2 saturated heterocycles. The summed E-state index contributed by atoms with van der Waals surface area (Å²) in [5.41, 5.74) is 1.23. The molecule has 23 heavy (non-hydrogen) atoms. The Balaban J connectivity index is 1.65. The van der Waals surface area contributed by atoms with Gasteiger partial charge in [0.05, 0.1) is 12.3 Å². The summed E-state index contributed by atoms with van der Waals surface area (Å²) in [5, 5.41) is 7.33. The fourth-order valence-electron chi connectivity index (χ4n) is 3.86. The van der Waals surface area contributed by atoms with Gasteiger partial charge in [0.15, 0.2) is 0 Å². The lowest BCUT2D eigenvalue weighted by Gasteiger charge is -2.44. The highest BCUT2D eigenvalue weighted by molar-refractivity contribution is 5.79. The van der Waals surface area contributed by atoms with Gasteiger partial charge < -0.3 is 10.1 Å². The van der Waals surface area contributed by atoms with Gasteiger partial charge in [0.1, 0.15) is 0 Å². The predicted molar refractivity (Wildman–Crippen MR) is 87.7 cm³/mol. The molecule has 0 bridgehead atoms. The minimum atomic E-state index is 0.0767. The van der Waals surface area contributed by atoms with Crippen LogP contribution in [0.4, 0.5) is 0 Å². The van der Waals surface area contributed by atoms with Gasteiger partial charge in [0.25, 0.3) is 0 Å². The first kappa shape index (κ1) is 16.5. The minimum Gasteiger partial charge on any atom is -0.378 e. The van der Waals surface area contributed by atoms with Gasteiger partial charge in [-0.2, -0.15) is 5.10 Å². The third kappa shape index (κ3) is 3.93. The van der Waals surface area contributed by atoms with Crippen LogP contribution in [-0.2, 0) is 23.1 Å². The SMILES string of the molecule is CC(C)NC(=O)[C@@H]1CCO[C@@H]2CCN(Cc3cnn(C)c3)C[C@H]21. The molecule has 1 aromatic heterocycles. The lowest BCUT2D eigenvalue weighted by atomic mass is 9.79. The number of likely N-dealkylation sites (tertiary alicyclic amines) is 1. The van der Waals surface area contributed by atoms with Gasteiger partial charge in [-0.3, -0.25) is 14.4 Å². The Hall–Kier alpha value is -1.40. The van der Waals surface area contributed by atoms with Crippen molar-refractivity contribution in [1.82, 2.24) is 20.0 Å². The average Bonchev–Trinajstić information content (AvgIpc) is 2.91. The Labute approximate surface area is 138 Å². The van der Waals surface area contributed by atoms with Gasteiger partial charge in [0, 0.05) is 62.9 Å². The van der Waals surface area contributed by atoms with Crippen molar-refractivity contribution in [2.75, 3.05) is 19.7 Å². The first-order valence-electron chi connectivity index (χ1n) is 8.65. The van der Waals surface area contributed by atoms with Crippen LogP contribution >= 0.6 is 0 Å². The van der Waals surface area contributed by atoms with E-state index in [0.717, 1.165) is 32.5 Å². The van der Waals surface area contributed by atoms with Crippen molar-refractivity contribution < 1.29 is 9.53 Å².